The lowest BCUT2D eigenvalue weighted by molar-refractivity contribution is 0.105. The summed E-state index contributed by atoms with van der Waals surface area (Å²) in [6.45, 7) is 2.06. The Balaban J connectivity index is 2.10. The van der Waals surface area contributed by atoms with E-state index in [1.54, 1.807) is 17.4 Å². The van der Waals surface area contributed by atoms with Gasteiger partial charge in [0.2, 0.25) is 0 Å². The fourth-order valence-electron chi connectivity index (χ4n) is 1.23. The molecule has 0 aliphatic rings. The zero-order chi connectivity index (χ0) is 11.5. The van der Waals surface area contributed by atoms with E-state index in [4.69, 9.17) is 0 Å². The van der Waals surface area contributed by atoms with E-state index in [2.05, 4.69) is 28.9 Å². The van der Waals surface area contributed by atoms with Gasteiger partial charge in [-0.25, -0.2) is 0 Å². The second kappa shape index (κ2) is 5.08. The highest BCUT2D eigenvalue weighted by Gasteiger charge is 2.04. The molecule has 0 bridgehead atoms. The summed E-state index contributed by atoms with van der Waals surface area (Å²) < 4.78 is 0.959. The summed E-state index contributed by atoms with van der Waals surface area (Å²) in [7, 11) is 0. The molecule has 2 aromatic heterocycles. The van der Waals surface area contributed by atoms with E-state index in [1.807, 2.05) is 23.6 Å². The van der Waals surface area contributed by atoms with E-state index < -0.39 is 0 Å². The summed E-state index contributed by atoms with van der Waals surface area (Å²) in [5, 5.41) is 1.91. The van der Waals surface area contributed by atoms with Crippen molar-refractivity contribution < 1.29 is 4.79 Å². The van der Waals surface area contributed by atoms with Gasteiger partial charge in [-0.2, -0.15) is 0 Å². The summed E-state index contributed by atoms with van der Waals surface area (Å²) in [6.07, 6.45) is 3.50. The van der Waals surface area contributed by atoms with Crippen LogP contribution in [-0.4, -0.2) is 5.78 Å². The zero-order valence-corrected chi connectivity index (χ0v) is 11.8. The maximum atomic E-state index is 11.7. The third-order valence-electron chi connectivity index (χ3n) is 1.97. The van der Waals surface area contributed by atoms with Crippen molar-refractivity contribution in [1.29, 1.82) is 0 Å². The average Bonchev–Trinajstić information content (AvgIpc) is 2.84. The van der Waals surface area contributed by atoms with Crippen LogP contribution in [0.2, 0.25) is 0 Å². The predicted molar refractivity (Wildman–Crippen MR) is 74.4 cm³/mol. The lowest BCUT2D eigenvalue weighted by atomic mass is 10.3. The van der Waals surface area contributed by atoms with E-state index in [9.17, 15) is 4.79 Å². The van der Waals surface area contributed by atoms with Crippen LogP contribution in [0.1, 0.15) is 19.4 Å². The number of halogens is 1. The van der Waals surface area contributed by atoms with E-state index >= 15 is 0 Å². The Hall–Kier alpha value is -0.710. The highest BCUT2D eigenvalue weighted by Crippen LogP contribution is 2.21. The Kier molecular flexibility index (Phi) is 3.74. The minimum atomic E-state index is 0.0572. The highest BCUT2D eigenvalue weighted by molar-refractivity contribution is 9.10. The van der Waals surface area contributed by atoms with Gasteiger partial charge >= 0.3 is 0 Å². The van der Waals surface area contributed by atoms with Crippen LogP contribution >= 0.6 is 38.6 Å². The molecule has 0 unspecified atom stereocenters. The summed E-state index contributed by atoms with van der Waals surface area (Å²) >= 11 is 6.47. The SMILES string of the molecule is Cc1ccc(/C=C/C(=O)c2cc(Br)cs2)s1. The van der Waals surface area contributed by atoms with Crippen LogP contribution in [0.15, 0.2) is 34.1 Å². The molecule has 0 aliphatic carbocycles. The van der Waals surface area contributed by atoms with Crippen molar-refractivity contribution in [1.82, 2.24) is 0 Å². The molecule has 0 saturated heterocycles. The molecule has 2 aromatic rings. The number of hydrogen-bond acceptors (Lipinski definition) is 3. The second-order valence-corrected chi connectivity index (χ2v) is 6.42. The number of carbonyl (C=O) groups excluding carboxylic acids is 1. The lowest BCUT2D eigenvalue weighted by Crippen LogP contribution is -1.88. The maximum Gasteiger partial charge on any atom is 0.195 e. The molecule has 0 aliphatic heterocycles. The van der Waals surface area contributed by atoms with Crippen molar-refractivity contribution in [3.05, 3.63) is 48.8 Å². The van der Waals surface area contributed by atoms with Crippen LogP contribution in [0, 0.1) is 6.92 Å². The molecular formula is C12H9BrOS2. The molecule has 1 nitrogen and oxygen atoms in total. The largest absolute Gasteiger partial charge is 0.288 e. The Bertz CT molecular complexity index is 537. The Morgan fingerprint density at radius 3 is 2.81 bits per heavy atom. The number of hydrogen-bond donors (Lipinski definition) is 0. The van der Waals surface area contributed by atoms with E-state index in [1.165, 1.54) is 16.2 Å². The number of ketones is 1. The number of allylic oxidation sites excluding steroid dienone is 1. The molecule has 0 aromatic carbocycles. The molecule has 0 spiro atoms. The van der Waals surface area contributed by atoms with E-state index in [-0.39, 0.29) is 5.78 Å². The van der Waals surface area contributed by atoms with Crippen molar-refractivity contribution in [2.24, 2.45) is 0 Å². The minimum Gasteiger partial charge on any atom is -0.288 e. The van der Waals surface area contributed by atoms with Gasteiger partial charge in [0.15, 0.2) is 5.78 Å². The average molecular weight is 313 g/mol. The van der Waals surface area contributed by atoms with Gasteiger partial charge in [0, 0.05) is 19.6 Å². The van der Waals surface area contributed by atoms with Crippen LogP contribution < -0.4 is 0 Å². The third-order valence-corrected chi connectivity index (χ3v) is 4.64. The summed E-state index contributed by atoms with van der Waals surface area (Å²) in [5.41, 5.74) is 0. The van der Waals surface area contributed by atoms with Gasteiger partial charge in [0.1, 0.15) is 0 Å². The molecule has 0 fully saturated rings. The minimum absolute atomic E-state index is 0.0572. The molecule has 16 heavy (non-hydrogen) atoms. The van der Waals surface area contributed by atoms with Crippen molar-refractivity contribution in [3.8, 4) is 0 Å². The predicted octanol–water partition coefficient (Wildman–Crippen LogP) is 4.78. The molecule has 0 amide bonds. The molecule has 2 rings (SSSR count). The standard InChI is InChI=1S/C12H9BrOS2/c1-8-2-3-10(16-8)4-5-11(14)12-6-9(13)7-15-12/h2-7H,1H3/b5-4+. The Morgan fingerprint density at radius 2 is 2.25 bits per heavy atom. The molecule has 0 atom stereocenters. The van der Waals surface area contributed by atoms with Gasteiger partial charge in [-0.1, -0.05) is 0 Å². The second-order valence-electron chi connectivity index (χ2n) is 3.28. The Labute approximate surface area is 111 Å². The molecule has 0 N–H and O–H groups in total. The van der Waals surface area contributed by atoms with Gasteiger partial charge < -0.3 is 0 Å². The molecule has 0 radical (unpaired) electrons. The van der Waals surface area contributed by atoms with Crippen LogP contribution in [-0.2, 0) is 0 Å². The first-order chi connectivity index (χ1) is 7.65. The van der Waals surface area contributed by atoms with Crippen molar-refractivity contribution in [3.63, 3.8) is 0 Å². The number of thiophene rings is 2. The highest BCUT2D eigenvalue weighted by atomic mass is 79.9. The first kappa shape index (κ1) is 11.8. The Morgan fingerprint density at radius 1 is 1.44 bits per heavy atom. The molecule has 82 valence electrons. The number of carbonyl (C=O) groups is 1. The summed E-state index contributed by atoms with van der Waals surface area (Å²) in [6, 6.07) is 5.92. The van der Waals surface area contributed by atoms with Crippen molar-refractivity contribution >= 4 is 50.5 Å². The van der Waals surface area contributed by atoms with Gasteiger partial charge in [-0.05, 0) is 53.2 Å². The summed E-state index contributed by atoms with van der Waals surface area (Å²) in [4.78, 5) is 14.9. The molecule has 2 heterocycles. The van der Waals surface area contributed by atoms with Crippen LogP contribution in [0.25, 0.3) is 6.08 Å². The van der Waals surface area contributed by atoms with Crippen LogP contribution in [0.5, 0.6) is 0 Å². The fraction of sp³-hybridized carbons (Fsp3) is 0.0833. The number of aryl methyl sites for hydroxylation is 1. The lowest BCUT2D eigenvalue weighted by Gasteiger charge is -1.87. The monoisotopic (exact) mass is 312 g/mol. The van der Waals surface area contributed by atoms with E-state index in [0.29, 0.717) is 0 Å². The fourth-order valence-corrected chi connectivity index (χ4v) is 3.35. The third kappa shape index (κ3) is 2.90. The number of rotatable bonds is 3. The van der Waals surface area contributed by atoms with Gasteiger partial charge in [0.25, 0.3) is 0 Å². The maximum absolute atomic E-state index is 11.7. The zero-order valence-electron chi connectivity index (χ0n) is 8.57. The first-order valence-electron chi connectivity index (χ1n) is 4.68. The molecule has 4 heteroatoms. The smallest absolute Gasteiger partial charge is 0.195 e. The first-order valence-corrected chi connectivity index (χ1v) is 7.17. The normalized spacial score (nSPS) is 11.1. The topological polar surface area (TPSA) is 17.1 Å². The quantitative estimate of drug-likeness (QED) is 0.589. The van der Waals surface area contributed by atoms with Crippen molar-refractivity contribution in [2.45, 2.75) is 6.92 Å². The van der Waals surface area contributed by atoms with Gasteiger partial charge in [-0.15, -0.1) is 22.7 Å². The van der Waals surface area contributed by atoms with Crippen molar-refractivity contribution in [2.75, 3.05) is 0 Å². The summed E-state index contributed by atoms with van der Waals surface area (Å²) in [5.74, 6) is 0.0572. The van der Waals surface area contributed by atoms with Gasteiger partial charge in [-0.3, -0.25) is 4.79 Å². The van der Waals surface area contributed by atoms with Gasteiger partial charge in [0.05, 0.1) is 4.88 Å². The van der Waals surface area contributed by atoms with E-state index in [0.717, 1.165) is 14.2 Å². The molecular weight excluding hydrogens is 304 g/mol. The van der Waals surface area contributed by atoms with Crippen LogP contribution in [0.3, 0.4) is 0 Å². The molecule has 0 saturated carbocycles. The van der Waals surface area contributed by atoms with Crippen LogP contribution in [0.4, 0.5) is 0 Å².